The van der Waals surface area contributed by atoms with Gasteiger partial charge in [0.25, 0.3) is 0 Å². The molecule has 94 valence electrons. The van der Waals surface area contributed by atoms with Crippen molar-refractivity contribution >= 4 is 5.97 Å². The SMILES string of the molecule is O=C(OCc1ccccc1)[C@]1(F)C[C@H]2C=C[C@@H]1C2. The summed E-state index contributed by atoms with van der Waals surface area (Å²) in [4.78, 5) is 11.9. The van der Waals surface area contributed by atoms with E-state index in [4.69, 9.17) is 4.74 Å². The number of benzene rings is 1. The predicted molar refractivity (Wildman–Crippen MR) is 65.4 cm³/mol. The Hall–Kier alpha value is -1.64. The standard InChI is InChI=1S/C15H15FO2/c16-15(9-12-6-7-13(15)8-12)14(17)18-10-11-4-2-1-3-5-11/h1-7,12-13H,8-10H2/t12-,13+,15-/m0/s1. The molecule has 0 aliphatic heterocycles. The van der Waals surface area contributed by atoms with Gasteiger partial charge in [-0.05, 0) is 24.3 Å². The molecule has 2 bridgehead atoms. The molecular weight excluding hydrogens is 231 g/mol. The van der Waals surface area contributed by atoms with Gasteiger partial charge in [0.2, 0.25) is 5.67 Å². The summed E-state index contributed by atoms with van der Waals surface area (Å²) in [5, 5.41) is 0. The lowest BCUT2D eigenvalue weighted by atomic mass is 9.90. The number of fused-ring (bicyclic) bond motifs is 2. The molecule has 3 rings (SSSR count). The van der Waals surface area contributed by atoms with Crippen molar-refractivity contribution in [3.63, 3.8) is 0 Å². The van der Waals surface area contributed by atoms with Gasteiger partial charge in [0.1, 0.15) is 6.61 Å². The fourth-order valence-corrected chi connectivity index (χ4v) is 2.88. The lowest BCUT2D eigenvalue weighted by Gasteiger charge is -2.24. The highest BCUT2D eigenvalue weighted by atomic mass is 19.1. The molecule has 3 atom stereocenters. The number of esters is 1. The maximum atomic E-state index is 14.6. The van der Waals surface area contributed by atoms with Crippen molar-refractivity contribution in [1.29, 1.82) is 0 Å². The van der Waals surface area contributed by atoms with E-state index in [1.165, 1.54) is 0 Å². The number of rotatable bonds is 3. The molecule has 2 aliphatic rings. The molecule has 0 unspecified atom stereocenters. The van der Waals surface area contributed by atoms with Gasteiger partial charge >= 0.3 is 5.97 Å². The topological polar surface area (TPSA) is 26.3 Å². The van der Waals surface area contributed by atoms with E-state index in [1.807, 2.05) is 42.5 Å². The van der Waals surface area contributed by atoms with Gasteiger partial charge in [-0.3, -0.25) is 0 Å². The van der Waals surface area contributed by atoms with Crippen LogP contribution in [-0.2, 0) is 16.1 Å². The van der Waals surface area contributed by atoms with Crippen LogP contribution in [0.3, 0.4) is 0 Å². The van der Waals surface area contributed by atoms with Crippen LogP contribution in [0.5, 0.6) is 0 Å². The Labute approximate surface area is 105 Å². The van der Waals surface area contributed by atoms with Crippen molar-refractivity contribution in [2.75, 3.05) is 0 Å². The molecule has 3 heteroatoms. The molecule has 0 saturated heterocycles. The molecular formula is C15H15FO2. The van der Waals surface area contributed by atoms with Crippen LogP contribution >= 0.6 is 0 Å². The lowest BCUT2D eigenvalue weighted by Crippen LogP contribution is -2.39. The normalized spacial score (nSPS) is 32.7. The Morgan fingerprint density at radius 1 is 1.33 bits per heavy atom. The number of halogens is 1. The average Bonchev–Trinajstić information content (AvgIpc) is 2.97. The third-order valence-electron chi connectivity index (χ3n) is 3.87. The molecule has 0 radical (unpaired) electrons. The zero-order chi connectivity index (χ0) is 12.6. The summed E-state index contributed by atoms with van der Waals surface area (Å²) in [6.07, 6.45) is 4.85. The monoisotopic (exact) mass is 246 g/mol. The fourth-order valence-electron chi connectivity index (χ4n) is 2.88. The fraction of sp³-hybridized carbons (Fsp3) is 0.400. The van der Waals surface area contributed by atoms with Gasteiger partial charge in [0, 0.05) is 5.92 Å². The van der Waals surface area contributed by atoms with Gasteiger partial charge in [0.05, 0.1) is 0 Å². The molecule has 2 nitrogen and oxygen atoms in total. The van der Waals surface area contributed by atoms with Gasteiger partial charge in [-0.25, -0.2) is 9.18 Å². The molecule has 1 saturated carbocycles. The van der Waals surface area contributed by atoms with E-state index < -0.39 is 11.6 Å². The van der Waals surface area contributed by atoms with Gasteiger partial charge in [-0.15, -0.1) is 0 Å². The first-order valence-electron chi connectivity index (χ1n) is 6.27. The first-order valence-corrected chi connectivity index (χ1v) is 6.27. The zero-order valence-electron chi connectivity index (χ0n) is 10.0. The van der Waals surface area contributed by atoms with Crippen LogP contribution in [0, 0.1) is 11.8 Å². The smallest absolute Gasteiger partial charge is 0.344 e. The predicted octanol–water partition coefficient (Wildman–Crippen LogP) is 3.03. The minimum atomic E-state index is -1.80. The number of hydrogen-bond acceptors (Lipinski definition) is 2. The summed E-state index contributed by atoms with van der Waals surface area (Å²) in [5.74, 6) is -0.779. The summed E-state index contributed by atoms with van der Waals surface area (Å²) in [7, 11) is 0. The minimum Gasteiger partial charge on any atom is -0.458 e. The van der Waals surface area contributed by atoms with Crippen LogP contribution in [0.4, 0.5) is 4.39 Å². The highest BCUT2D eigenvalue weighted by molar-refractivity contribution is 5.81. The van der Waals surface area contributed by atoms with E-state index >= 15 is 0 Å². The van der Waals surface area contributed by atoms with E-state index in [2.05, 4.69) is 0 Å². The Morgan fingerprint density at radius 3 is 2.72 bits per heavy atom. The molecule has 1 aromatic rings. The number of carbonyl (C=O) groups is 1. The van der Waals surface area contributed by atoms with Crippen LogP contribution < -0.4 is 0 Å². The number of ether oxygens (including phenoxy) is 1. The van der Waals surface area contributed by atoms with Crippen molar-refractivity contribution in [3.05, 3.63) is 48.0 Å². The summed E-state index contributed by atoms with van der Waals surface area (Å²) < 4.78 is 19.7. The quantitative estimate of drug-likeness (QED) is 0.605. The summed E-state index contributed by atoms with van der Waals surface area (Å²) in [5.41, 5.74) is -0.915. The Kier molecular flexibility index (Phi) is 2.69. The van der Waals surface area contributed by atoms with Crippen molar-refractivity contribution in [1.82, 2.24) is 0 Å². The molecule has 1 aromatic carbocycles. The van der Waals surface area contributed by atoms with Crippen LogP contribution in [0.25, 0.3) is 0 Å². The lowest BCUT2D eigenvalue weighted by molar-refractivity contribution is -0.161. The first kappa shape index (κ1) is 11.5. The van der Waals surface area contributed by atoms with E-state index in [9.17, 15) is 9.18 Å². The second kappa shape index (κ2) is 4.23. The van der Waals surface area contributed by atoms with Crippen molar-refractivity contribution in [3.8, 4) is 0 Å². The maximum Gasteiger partial charge on any atom is 0.344 e. The van der Waals surface area contributed by atoms with Crippen molar-refractivity contribution < 1.29 is 13.9 Å². The van der Waals surface area contributed by atoms with Crippen molar-refractivity contribution in [2.24, 2.45) is 11.8 Å². The number of alkyl halides is 1. The van der Waals surface area contributed by atoms with Gasteiger partial charge in [-0.1, -0.05) is 42.5 Å². The van der Waals surface area contributed by atoms with Crippen LogP contribution in [0.15, 0.2) is 42.5 Å². The molecule has 0 amide bonds. The second-order valence-electron chi connectivity index (χ2n) is 5.12. The van der Waals surface area contributed by atoms with E-state index in [0.29, 0.717) is 0 Å². The molecule has 2 aliphatic carbocycles. The minimum absolute atomic E-state index is 0.145. The third-order valence-corrected chi connectivity index (χ3v) is 3.87. The zero-order valence-corrected chi connectivity index (χ0v) is 10.0. The number of allylic oxidation sites excluding steroid dienone is 2. The highest BCUT2D eigenvalue weighted by Gasteiger charge is 2.55. The maximum absolute atomic E-state index is 14.6. The average molecular weight is 246 g/mol. The summed E-state index contributed by atoms with van der Waals surface area (Å²) >= 11 is 0. The molecule has 0 spiro atoms. The molecule has 0 heterocycles. The Balaban J connectivity index is 1.64. The van der Waals surface area contributed by atoms with Gasteiger partial charge in [0.15, 0.2) is 0 Å². The van der Waals surface area contributed by atoms with Crippen molar-refractivity contribution in [2.45, 2.75) is 25.1 Å². The molecule has 0 aromatic heterocycles. The molecule has 18 heavy (non-hydrogen) atoms. The molecule has 0 N–H and O–H groups in total. The third kappa shape index (κ3) is 1.84. The van der Waals surface area contributed by atoms with Crippen LogP contribution in [-0.4, -0.2) is 11.6 Å². The van der Waals surface area contributed by atoms with E-state index in [-0.39, 0.29) is 24.9 Å². The largest absolute Gasteiger partial charge is 0.458 e. The Bertz CT molecular complexity index is 483. The van der Waals surface area contributed by atoms with Gasteiger partial charge < -0.3 is 4.74 Å². The molecule has 1 fully saturated rings. The van der Waals surface area contributed by atoms with Gasteiger partial charge in [-0.2, -0.15) is 0 Å². The number of hydrogen-bond donors (Lipinski definition) is 0. The van der Waals surface area contributed by atoms with E-state index in [0.717, 1.165) is 12.0 Å². The summed E-state index contributed by atoms with van der Waals surface area (Å²) in [6.45, 7) is 0.145. The van der Waals surface area contributed by atoms with E-state index in [1.54, 1.807) is 0 Å². The second-order valence-corrected chi connectivity index (χ2v) is 5.12. The first-order chi connectivity index (χ1) is 8.68. The highest BCUT2D eigenvalue weighted by Crippen LogP contribution is 2.49. The number of carbonyl (C=O) groups excluding carboxylic acids is 1. The Morgan fingerprint density at radius 2 is 2.11 bits per heavy atom. The summed E-state index contributed by atoms with van der Waals surface area (Å²) in [6, 6.07) is 9.35. The van der Waals surface area contributed by atoms with Crippen LogP contribution in [0.2, 0.25) is 0 Å². The van der Waals surface area contributed by atoms with Crippen LogP contribution in [0.1, 0.15) is 18.4 Å².